The number of amides is 1. The van der Waals surface area contributed by atoms with E-state index in [-0.39, 0.29) is 5.91 Å². The highest BCUT2D eigenvalue weighted by Gasteiger charge is 2.13. The van der Waals surface area contributed by atoms with Crippen molar-refractivity contribution in [1.29, 1.82) is 0 Å². The first-order valence-electron chi connectivity index (χ1n) is 5.94. The molecule has 2 aromatic rings. The summed E-state index contributed by atoms with van der Waals surface area (Å²) in [6, 6.07) is 12.6. The average Bonchev–Trinajstić information content (AvgIpc) is 2.47. The second-order valence-corrected chi connectivity index (χ2v) is 5.13. The molecule has 0 aliphatic rings. The maximum atomic E-state index is 12.3. The molecule has 1 amide bonds. The molecule has 0 unspecified atom stereocenters. The van der Waals surface area contributed by atoms with Gasteiger partial charge in [-0.2, -0.15) is 0 Å². The number of rotatable bonds is 4. The van der Waals surface area contributed by atoms with Gasteiger partial charge in [0.15, 0.2) is 0 Å². The lowest BCUT2D eigenvalue weighted by molar-refractivity contribution is 0.102. The van der Waals surface area contributed by atoms with Gasteiger partial charge in [0.05, 0.1) is 12.7 Å². The van der Waals surface area contributed by atoms with Crippen LogP contribution in [0, 0.1) is 0 Å². The number of nitrogens with one attached hydrogen (secondary N) is 1. The predicted molar refractivity (Wildman–Crippen MR) is 85.0 cm³/mol. The Morgan fingerprint density at radius 1 is 1.30 bits per heavy atom. The first-order chi connectivity index (χ1) is 9.63. The number of carbonyl (C=O) groups is 1. The van der Waals surface area contributed by atoms with Crippen molar-refractivity contribution in [3.05, 3.63) is 58.6 Å². The van der Waals surface area contributed by atoms with Gasteiger partial charge in [-0.05, 0) is 35.9 Å². The van der Waals surface area contributed by atoms with Crippen molar-refractivity contribution in [2.24, 2.45) is 0 Å². The Morgan fingerprint density at radius 2 is 2.10 bits per heavy atom. The van der Waals surface area contributed by atoms with Crippen molar-refractivity contribution in [2.75, 3.05) is 12.4 Å². The molecule has 0 aliphatic carbocycles. The molecule has 0 aromatic heterocycles. The van der Waals surface area contributed by atoms with E-state index in [4.69, 9.17) is 16.3 Å². The Labute approximate surface area is 131 Å². The Balaban J connectivity index is 2.25. The number of carbonyl (C=O) groups excluding carboxylic acids is 1. The highest BCUT2D eigenvalue weighted by molar-refractivity contribution is 9.08. The summed E-state index contributed by atoms with van der Waals surface area (Å²) in [4.78, 5) is 12.3. The second-order valence-electron chi connectivity index (χ2n) is 4.13. The lowest BCUT2D eigenvalue weighted by atomic mass is 10.1. The summed E-state index contributed by atoms with van der Waals surface area (Å²) in [5.74, 6) is 0.236. The van der Waals surface area contributed by atoms with Crippen molar-refractivity contribution in [2.45, 2.75) is 5.33 Å². The van der Waals surface area contributed by atoms with Crippen LogP contribution in [0.15, 0.2) is 42.5 Å². The average molecular weight is 355 g/mol. The molecule has 0 spiro atoms. The van der Waals surface area contributed by atoms with Crippen molar-refractivity contribution >= 4 is 39.1 Å². The van der Waals surface area contributed by atoms with Gasteiger partial charge in [0.1, 0.15) is 5.75 Å². The fourth-order valence-corrected chi connectivity index (χ4v) is 2.31. The van der Waals surface area contributed by atoms with Crippen LogP contribution in [0.1, 0.15) is 15.9 Å². The first kappa shape index (κ1) is 14.9. The maximum Gasteiger partial charge on any atom is 0.259 e. The SMILES string of the molecule is COc1ccc(Cl)cc1C(=O)Nc1cccc(CBr)c1. The van der Waals surface area contributed by atoms with Crippen molar-refractivity contribution in [3.63, 3.8) is 0 Å². The number of ether oxygens (including phenoxy) is 1. The predicted octanol–water partition coefficient (Wildman–Crippen LogP) is 4.50. The van der Waals surface area contributed by atoms with Gasteiger partial charge in [0, 0.05) is 16.0 Å². The van der Waals surface area contributed by atoms with Gasteiger partial charge in [0.2, 0.25) is 0 Å². The Morgan fingerprint density at radius 3 is 2.80 bits per heavy atom. The van der Waals surface area contributed by atoms with E-state index in [1.54, 1.807) is 18.2 Å². The summed E-state index contributed by atoms with van der Waals surface area (Å²) in [6.45, 7) is 0. The molecule has 0 atom stereocenters. The van der Waals surface area contributed by atoms with E-state index in [0.717, 1.165) is 16.6 Å². The molecule has 1 N–H and O–H groups in total. The largest absolute Gasteiger partial charge is 0.496 e. The number of halogens is 2. The molecule has 2 rings (SSSR count). The molecule has 20 heavy (non-hydrogen) atoms. The Kier molecular flexibility index (Phi) is 5.04. The molecule has 0 saturated carbocycles. The van der Waals surface area contributed by atoms with E-state index in [1.165, 1.54) is 7.11 Å². The van der Waals surface area contributed by atoms with Gasteiger partial charge >= 0.3 is 0 Å². The molecule has 0 heterocycles. The van der Waals surface area contributed by atoms with Crippen LogP contribution in [0.25, 0.3) is 0 Å². The van der Waals surface area contributed by atoms with Gasteiger partial charge in [-0.3, -0.25) is 4.79 Å². The molecule has 0 saturated heterocycles. The second kappa shape index (κ2) is 6.77. The van der Waals surface area contributed by atoms with E-state index >= 15 is 0 Å². The van der Waals surface area contributed by atoms with Crippen LogP contribution in [0.5, 0.6) is 5.75 Å². The summed E-state index contributed by atoms with van der Waals surface area (Å²) in [6.07, 6.45) is 0. The van der Waals surface area contributed by atoms with Crippen LogP contribution in [0.4, 0.5) is 5.69 Å². The van der Waals surface area contributed by atoms with Crippen molar-refractivity contribution in [1.82, 2.24) is 0 Å². The molecule has 0 fully saturated rings. The van der Waals surface area contributed by atoms with Crippen molar-refractivity contribution in [3.8, 4) is 5.75 Å². The zero-order chi connectivity index (χ0) is 14.5. The summed E-state index contributed by atoms with van der Waals surface area (Å²) in [5, 5.41) is 4.06. The molecule has 0 aliphatic heterocycles. The fraction of sp³-hybridized carbons (Fsp3) is 0.133. The maximum absolute atomic E-state index is 12.3. The third-order valence-electron chi connectivity index (χ3n) is 2.75. The van der Waals surface area contributed by atoms with E-state index in [1.807, 2.05) is 24.3 Å². The summed E-state index contributed by atoms with van der Waals surface area (Å²) >= 11 is 9.31. The highest BCUT2D eigenvalue weighted by atomic mass is 79.9. The highest BCUT2D eigenvalue weighted by Crippen LogP contribution is 2.24. The number of hydrogen-bond acceptors (Lipinski definition) is 2. The molecular formula is C15H13BrClNO2. The lowest BCUT2D eigenvalue weighted by Crippen LogP contribution is -2.13. The Bertz CT molecular complexity index is 631. The van der Waals surface area contributed by atoms with Crippen LogP contribution in [-0.2, 0) is 5.33 Å². The molecule has 5 heteroatoms. The minimum Gasteiger partial charge on any atom is -0.496 e. The van der Waals surface area contributed by atoms with Crippen LogP contribution in [0.3, 0.4) is 0 Å². The fourth-order valence-electron chi connectivity index (χ4n) is 1.79. The van der Waals surface area contributed by atoms with E-state index in [2.05, 4.69) is 21.2 Å². The zero-order valence-corrected chi connectivity index (χ0v) is 13.2. The molecular weight excluding hydrogens is 342 g/mol. The molecule has 0 radical (unpaired) electrons. The topological polar surface area (TPSA) is 38.3 Å². The van der Waals surface area contributed by atoms with Crippen molar-refractivity contribution < 1.29 is 9.53 Å². The summed E-state index contributed by atoms with van der Waals surface area (Å²) in [7, 11) is 1.52. The van der Waals surface area contributed by atoms with E-state index < -0.39 is 0 Å². The minimum absolute atomic E-state index is 0.254. The van der Waals surface area contributed by atoms with E-state index in [0.29, 0.717) is 16.3 Å². The monoisotopic (exact) mass is 353 g/mol. The molecule has 104 valence electrons. The smallest absolute Gasteiger partial charge is 0.259 e. The van der Waals surface area contributed by atoms with Gasteiger partial charge < -0.3 is 10.1 Å². The van der Waals surface area contributed by atoms with Gasteiger partial charge in [-0.15, -0.1) is 0 Å². The van der Waals surface area contributed by atoms with Gasteiger partial charge in [-0.25, -0.2) is 0 Å². The number of alkyl halides is 1. The minimum atomic E-state index is -0.254. The van der Waals surface area contributed by atoms with Crippen LogP contribution < -0.4 is 10.1 Å². The van der Waals surface area contributed by atoms with Crippen LogP contribution >= 0.6 is 27.5 Å². The number of anilines is 1. The Hall–Kier alpha value is -1.52. The van der Waals surface area contributed by atoms with Crippen LogP contribution in [-0.4, -0.2) is 13.0 Å². The van der Waals surface area contributed by atoms with E-state index in [9.17, 15) is 4.79 Å². The first-order valence-corrected chi connectivity index (χ1v) is 7.44. The van der Waals surface area contributed by atoms with Gasteiger partial charge in [0.25, 0.3) is 5.91 Å². The lowest BCUT2D eigenvalue weighted by Gasteiger charge is -2.10. The quantitative estimate of drug-likeness (QED) is 0.821. The third kappa shape index (κ3) is 3.52. The number of methoxy groups -OCH3 is 1. The summed E-state index contributed by atoms with van der Waals surface area (Å²) < 4.78 is 5.18. The normalized spacial score (nSPS) is 10.2. The summed E-state index contributed by atoms with van der Waals surface area (Å²) in [5.41, 5.74) is 2.22. The van der Waals surface area contributed by atoms with Crippen LogP contribution in [0.2, 0.25) is 5.02 Å². The standard InChI is InChI=1S/C15H13BrClNO2/c1-20-14-6-5-11(17)8-13(14)15(19)18-12-4-2-3-10(7-12)9-16/h2-8H,9H2,1H3,(H,18,19). The molecule has 2 aromatic carbocycles. The molecule has 0 bridgehead atoms. The van der Waals surface area contributed by atoms with Gasteiger partial charge in [-0.1, -0.05) is 39.7 Å². The molecule has 3 nitrogen and oxygen atoms in total. The third-order valence-corrected chi connectivity index (χ3v) is 3.63. The zero-order valence-electron chi connectivity index (χ0n) is 10.8. The number of hydrogen-bond donors (Lipinski definition) is 1. The number of benzene rings is 2.